The van der Waals surface area contributed by atoms with Gasteiger partial charge in [-0.05, 0) is 49.4 Å². The topological polar surface area (TPSA) is 43.4 Å². The summed E-state index contributed by atoms with van der Waals surface area (Å²) in [7, 11) is 0. The number of Topliss-reactive ketones (excluding diaryl/α,β-unsaturated/α-hetero) is 2. The molecule has 3 aromatic carbocycles. The molecule has 0 aromatic heterocycles. The fourth-order valence-corrected chi connectivity index (χ4v) is 4.08. The number of ether oxygens (including phenoxy) is 1. The molecule has 0 saturated carbocycles. The maximum atomic E-state index is 12.8. The molecular weight excluding hydrogens is 396 g/mol. The Hall–Kier alpha value is -3.20. The van der Waals surface area contributed by atoms with E-state index < -0.39 is 0 Å². The summed E-state index contributed by atoms with van der Waals surface area (Å²) in [5, 5.41) is 0. The molecule has 166 valence electrons. The second kappa shape index (κ2) is 11.4. The molecule has 32 heavy (non-hydrogen) atoms. The molecule has 0 aliphatic carbocycles. The van der Waals surface area contributed by atoms with Crippen molar-refractivity contribution in [3.63, 3.8) is 0 Å². The molecule has 3 aromatic rings. The summed E-state index contributed by atoms with van der Waals surface area (Å²) in [5.74, 6) is 0.508. The Kier molecular flexibility index (Phi) is 8.38. The number of hydrogen-bond donors (Lipinski definition) is 0. The van der Waals surface area contributed by atoms with E-state index in [1.807, 2.05) is 36.4 Å². The minimum atomic E-state index is -0.116. The number of rotatable bonds is 11. The van der Waals surface area contributed by atoms with Crippen LogP contribution in [0.3, 0.4) is 0 Å². The number of benzene rings is 3. The Morgan fingerprint density at radius 1 is 0.750 bits per heavy atom. The van der Waals surface area contributed by atoms with Crippen LogP contribution in [0.15, 0.2) is 66.7 Å². The molecule has 0 bridgehead atoms. The van der Waals surface area contributed by atoms with E-state index in [2.05, 4.69) is 31.2 Å². The highest BCUT2D eigenvalue weighted by Gasteiger charge is 2.24. The first-order valence-electron chi connectivity index (χ1n) is 11.4. The predicted octanol–water partition coefficient (Wildman–Crippen LogP) is 6.84. The van der Waals surface area contributed by atoms with Crippen LogP contribution in [0.25, 0.3) is 0 Å². The molecule has 0 fully saturated rings. The minimum Gasteiger partial charge on any atom is -0.493 e. The molecule has 0 spiro atoms. The van der Waals surface area contributed by atoms with Gasteiger partial charge in [0.25, 0.3) is 0 Å². The average molecular weight is 429 g/mol. The number of carbonyl (C=O) groups excluding carboxylic acids is 2. The number of hydrogen-bond acceptors (Lipinski definition) is 3. The van der Waals surface area contributed by atoms with Crippen molar-refractivity contribution in [1.82, 2.24) is 0 Å². The van der Waals surface area contributed by atoms with Crippen molar-refractivity contribution in [1.29, 1.82) is 0 Å². The van der Waals surface area contributed by atoms with Crippen LogP contribution < -0.4 is 4.74 Å². The van der Waals surface area contributed by atoms with Crippen LogP contribution in [-0.4, -0.2) is 18.2 Å². The molecule has 3 rings (SSSR count). The first-order valence-corrected chi connectivity index (χ1v) is 11.4. The Bertz CT molecular complexity index is 1050. The van der Waals surface area contributed by atoms with Gasteiger partial charge in [-0.1, -0.05) is 80.4 Å². The molecule has 0 heterocycles. The van der Waals surface area contributed by atoms with Gasteiger partial charge in [-0.3, -0.25) is 9.59 Å². The van der Waals surface area contributed by atoms with Crippen LogP contribution in [0.1, 0.15) is 83.0 Å². The van der Waals surface area contributed by atoms with Gasteiger partial charge in [0.2, 0.25) is 0 Å². The average Bonchev–Trinajstić information content (AvgIpc) is 2.79. The monoisotopic (exact) mass is 428 g/mol. The molecule has 3 nitrogen and oxygen atoms in total. The lowest BCUT2D eigenvalue weighted by Crippen LogP contribution is -2.14. The molecule has 0 amide bonds. The van der Waals surface area contributed by atoms with Gasteiger partial charge in [-0.2, -0.15) is 0 Å². The van der Waals surface area contributed by atoms with Crippen LogP contribution in [0.5, 0.6) is 5.75 Å². The van der Waals surface area contributed by atoms with Crippen molar-refractivity contribution in [2.45, 2.75) is 52.9 Å². The summed E-state index contributed by atoms with van der Waals surface area (Å²) in [4.78, 5) is 25.4. The number of carbonyl (C=O) groups is 2. The van der Waals surface area contributed by atoms with Crippen molar-refractivity contribution in [3.05, 3.63) is 100 Å². The normalized spacial score (nSPS) is 10.7. The molecule has 0 saturated heterocycles. The van der Waals surface area contributed by atoms with Crippen LogP contribution in [-0.2, 0) is 12.8 Å². The van der Waals surface area contributed by atoms with Gasteiger partial charge in [0.05, 0.1) is 6.61 Å². The minimum absolute atomic E-state index is 0.0898. The van der Waals surface area contributed by atoms with Crippen molar-refractivity contribution < 1.29 is 14.3 Å². The van der Waals surface area contributed by atoms with E-state index in [1.165, 1.54) is 6.92 Å². The molecule has 0 aliphatic rings. The predicted molar refractivity (Wildman–Crippen MR) is 130 cm³/mol. The second-order valence-corrected chi connectivity index (χ2v) is 8.25. The van der Waals surface area contributed by atoms with Gasteiger partial charge in [0.1, 0.15) is 5.75 Å². The zero-order valence-electron chi connectivity index (χ0n) is 19.3. The van der Waals surface area contributed by atoms with Crippen molar-refractivity contribution in [2.75, 3.05) is 6.61 Å². The fourth-order valence-electron chi connectivity index (χ4n) is 4.08. The number of unbranched alkanes of at least 4 members (excludes halogenated alkanes) is 2. The smallest absolute Gasteiger partial charge is 0.160 e. The van der Waals surface area contributed by atoms with Crippen LogP contribution in [0.4, 0.5) is 0 Å². The second-order valence-electron chi connectivity index (χ2n) is 8.25. The molecule has 0 N–H and O–H groups in total. The summed E-state index contributed by atoms with van der Waals surface area (Å²) in [5.41, 5.74) is 5.10. The SMILES string of the molecule is CCCCCOc1cc(C(C)=O)c(C(C)=O)c(Cc2ccccc2)c1Cc1ccccc1. The van der Waals surface area contributed by atoms with E-state index >= 15 is 0 Å². The lowest BCUT2D eigenvalue weighted by Gasteiger charge is -2.21. The summed E-state index contributed by atoms with van der Waals surface area (Å²) in [6, 6.07) is 22.1. The molecule has 0 aliphatic heterocycles. The third kappa shape index (κ3) is 5.94. The summed E-state index contributed by atoms with van der Waals surface area (Å²) < 4.78 is 6.25. The van der Waals surface area contributed by atoms with E-state index in [1.54, 1.807) is 13.0 Å². The highest BCUT2D eigenvalue weighted by molar-refractivity contribution is 6.09. The summed E-state index contributed by atoms with van der Waals surface area (Å²) in [6.07, 6.45) is 4.38. The quantitative estimate of drug-likeness (QED) is 0.248. The van der Waals surface area contributed by atoms with E-state index in [-0.39, 0.29) is 11.6 Å². The first kappa shape index (κ1) is 23.5. The van der Waals surface area contributed by atoms with Crippen LogP contribution in [0, 0.1) is 0 Å². The Labute approximate surface area is 191 Å². The van der Waals surface area contributed by atoms with E-state index in [9.17, 15) is 9.59 Å². The van der Waals surface area contributed by atoms with Crippen LogP contribution >= 0.6 is 0 Å². The van der Waals surface area contributed by atoms with E-state index in [0.717, 1.165) is 41.5 Å². The van der Waals surface area contributed by atoms with Crippen LogP contribution in [0.2, 0.25) is 0 Å². The maximum absolute atomic E-state index is 12.8. The lowest BCUT2D eigenvalue weighted by atomic mass is 9.85. The molecule has 0 atom stereocenters. The Morgan fingerprint density at radius 2 is 1.31 bits per heavy atom. The van der Waals surface area contributed by atoms with Gasteiger partial charge < -0.3 is 4.74 Å². The lowest BCUT2D eigenvalue weighted by molar-refractivity contribution is 0.0979. The molecular formula is C29H32O3. The third-order valence-electron chi connectivity index (χ3n) is 5.69. The summed E-state index contributed by atoms with van der Waals surface area (Å²) in [6.45, 7) is 5.82. The highest BCUT2D eigenvalue weighted by atomic mass is 16.5. The van der Waals surface area contributed by atoms with Gasteiger partial charge in [0.15, 0.2) is 11.6 Å². The number of ketones is 2. The van der Waals surface area contributed by atoms with E-state index in [4.69, 9.17) is 4.74 Å². The van der Waals surface area contributed by atoms with Gasteiger partial charge >= 0.3 is 0 Å². The first-order chi connectivity index (χ1) is 15.5. The molecule has 0 unspecified atom stereocenters. The highest BCUT2D eigenvalue weighted by Crippen LogP contribution is 2.34. The standard InChI is InChI=1S/C29H32O3/c1-4-5-12-17-32-28-20-25(21(2)30)29(22(3)31)27(19-24-15-10-7-11-16-24)26(28)18-23-13-8-6-9-14-23/h6-11,13-16,20H,4-5,12,17-19H2,1-3H3. The fraction of sp³-hybridized carbons (Fsp3) is 0.310. The maximum Gasteiger partial charge on any atom is 0.160 e. The third-order valence-corrected chi connectivity index (χ3v) is 5.69. The molecule has 3 heteroatoms. The Morgan fingerprint density at radius 3 is 1.81 bits per heavy atom. The van der Waals surface area contributed by atoms with E-state index in [0.29, 0.717) is 36.3 Å². The van der Waals surface area contributed by atoms with Crippen molar-refractivity contribution >= 4 is 11.6 Å². The zero-order valence-corrected chi connectivity index (χ0v) is 19.3. The summed E-state index contributed by atoms with van der Waals surface area (Å²) >= 11 is 0. The van der Waals surface area contributed by atoms with Gasteiger partial charge in [0, 0.05) is 23.1 Å². The van der Waals surface area contributed by atoms with Crippen molar-refractivity contribution in [2.24, 2.45) is 0 Å². The largest absolute Gasteiger partial charge is 0.493 e. The Balaban J connectivity index is 2.19. The van der Waals surface area contributed by atoms with Gasteiger partial charge in [-0.15, -0.1) is 0 Å². The van der Waals surface area contributed by atoms with Gasteiger partial charge in [-0.25, -0.2) is 0 Å². The zero-order chi connectivity index (χ0) is 22.9. The molecule has 0 radical (unpaired) electrons. The van der Waals surface area contributed by atoms with Crippen molar-refractivity contribution in [3.8, 4) is 5.75 Å².